The van der Waals surface area contributed by atoms with Crippen molar-refractivity contribution in [2.45, 2.75) is 27.2 Å². The lowest BCUT2D eigenvalue weighted by molar-refractivity contribution is 0.0376. The molecule has 160 valence electrons. The van der Waals surface area contributed by atoms with Crippen LogP contribution >= 0.6 is 11.3 Å². The predicted molar refractivity (Wildman–Crippen MR) is 121 cm³/mol. The summed E-state index contributed by atoms with van der Waals surface area (Å²) in [5.41, 5.74) is 4.71. The highest BCUT2D eigenvalue weighted by atomic mass is 32.1. The average molecular weight is 428 g/mol. The largest absolute Gasteiger partial charge is 0.379 e. The van der Waals surface area contributed by atoms with Crippen LogP contribution in [0.25, 0.3) is 10.2 Å². The second kappa shape index (κ2) is 8.83. The Kier molecular flexibility index (Phi) is 6.17. The van der Waals surface area contributed by atoms with Gasteiger partial charge in [-0.2, -0.15) is 5.10 Å². The summed E-state index contributed by atoms with van der Waals surface area (Å²) in [6, 6.07) is 4.28. The third-order valence-corrected chi connectivity index (χ3v) is 6.49. The number of benzene rings is 1. The number of aromatic nitrogens is 3. The number of amides is 1. The highest BCUT2D eigenvalue weighted by Gasteiger charge is 2.25. The Labute approximate surface area is 181 Å². The Balaban J connectivity index is 1.61. The van der Waals surface area contributed by atoms with Crippen LogP contribution in [0.4, 0.5) is 5.13 Å². The van der Waals surface area contributed by atoms with Crippen LogP contribution in [-0.4, -0.2) is 65.0 Å². The van der Waals surface area contributed by atoms with E-state index in [9.17, 15) is 4.79 Å². The molecular formula is C22H29N5O2S. The molecule has 0 atom stereocenters. The molecule has 1 amide bonds. The van der Waals surface area contributed by atoms with Crippen LogP contribution in [0.5, 0.6) is 0 Å². The molecule has 3 aromatic rings. The minimum atomic E-state index is -0.0801. The van der Waals surface area contributed by atoms with Crippen LogP contribution in [0.1, 0.15) is 33.6 Å². The highest BCUT2D eigenvalue weighted by Crippen LogP contribution is 2.32. The Hall–Kier alpha value is -2.29. The molecule has 1 aromatic carbocycles. The van der Waals surface area contributed by atoms with Crippen molar-refractivity contribution in [2.24, 2.45) is 7.05 Å². The summed E-state index contributed by atoms with van der Waals surface area (Å²) in [6.07, 6.45) is 2.76. The molecule has 1 aliphatic heterocycles. The summed E-state index contributed by atoms with van der Waals surface area (Å²) < 4.78 is 8.25. The zero-order chi connectivity index (χ0) is 21.3. The summed E-state index contributed by atoms with van der Waals surface area (Å²) >= 11 is 1.58. The fraction of sp³-hybridized carbons (Fsp3) is 0.500. The van der Waals surface area contributed by atoms with Crippen LogP contribution in [-0.2, 0) is 11.8 Å². The molecule has 0 unspecified atom stereocenters. The fourth-order valence-electron chi connectivity index (χ4n) is 3.98. The molecule has 0 aliphatic carbocycles. The maximum atomic E-state index is 13.5. The normalized spacial score (nSPS) is 15.1. The number of carbonyl (C=O) groups is 1. The third-order valence-electron chi connectivity index (χ3n) is 5.47. The lowest BCUT2D eigenvalue weighted by atomic mass is 10.1. The van der Waals surface area contributed by atoms with Gasteiger partial charge in [0.2, 0.25) is 0 Å². The van der Waals surface area contributed by atoms with Gasteiger partial charge in [-0.05, 0) is 44.4 Å². The van der Waals surface area contributed by atoms with Gasteiger partial charge in [-0.25, -0.2) is 4.98 Å². The molecule has 7 nitrogen and oxygen atoms in total. The minimum Gasteiger partial charge on any atom is -0.379 e. The molecule has 2 aromatic heterocycles. The molecule has 0 N–H and O–H groups in total. The van der Waals surface area contributed by atoms with Gasteiger partial charge in [0.15, 0.2) is 10.8 Å². The van der Waals surface area contributed by atoms with E-state index >= 15 is 0 Å². The zero-order valence-electron chi connectivity index (χ0n) is 18.1. The maximum absolute atomic E-state index is 13.5. The molecule has 0 spiro atoms. The van der Waals surface area contributed by atoms with Crippen molar-refractivity contribution in [2.75, 3.05) is 44.3 Å². The Bertz CT molecular complexity index is 1050. The number of hydrogen-bond donors (Lipinski definition) is 0. The quantitative estimate of drug-likeness (QED) is 0.604. The Morgan fingerprint density at radius 2 is 1.97 bits per heavy atom. The van der Waals surface area contributed by atoms with E-state index in [1.165, 1.54) is 5.56 Å². The lowest BCUT2D eigenvalue weighted by Gasteiger charge is -2.27. The van der Waals surface area contributed by atoms with Crippen molar-refractivity contribution in [1.29, 1.82) is 0 Å². The SMILES string of the molecule is Cc1cc(C)c2nc(N(CCCN3CCOCC3)C(=O)c3nn(C)cc3C)sc2c1. The van der Waals surface area contributed by atoms with Crippen LogP contribution in [0.2, 0.25) is 0 Å². The molecule has 30 heavy (non-hydrogen) atoms. The lowest BCUT2D eigenvalue weighted by Crippen LogP contribution is -2.39. The second-order valence-electron chi connectivity index (χ2n) is 8.02. The molecule has 0 radical (unpaired) electrons. The van der Waals surface area contributed by atoms with Gasteiger partial charge in [0.1, 0.15) is 0 Å². The third kappa shape index (κ3) is 4.40. The van der Waals surface area contributed by atoms with Gasteiger partial charge in [0.25, 0.3) is 5.91 Å². The van der Waals surface area contributed by atoms with E-state index in [1.807, 2.05) is 25.1 Å². The zero-order valence-corrected chi connectivity index (χ0v) is 19.0. The van der Waals surface area contributed by atoms with E-state index in [2.05, 4.69) is 36.0 Å². The van der Waals surface area contributed by atoms with E-state index in [-0.39, 0.29) is 5.91 Å². The number of morpholine rings is 1. The maximum Gasteiger partial charge on any atom is 0.280 e. The number of hydrogen-bond acceptors (Lipinski definition) is 6. The number of aryl methyl sites for hydroxylation is 4. The summed E-state index contributed by atoms with van der Waals surface area (Å²) in [7, 11) is 1.84. The van der Waals surface area contributed by atoms with Crippen LogP contribution < -0.4 is 4.90 Å². The topological polar surface area (TPSA) is 63.5 Å². The van der Waals surface area contributed by atoms with Gasteiger partial charge >= 0.3 is 0 Å². The molecule has 3 heterocycles. The van der Waals surface area contributed by atoms with Gasteiger partial charge in [0, 0.05) is 45.0 Å². The number of rotatable bonds is 6. The number of thiazole rings is 1. The van der Waals surface area contributed by atoms with Crippen molar-refractivity contribution >= 4 is 32.6 Å². The van der Waals surface area contributed by atoms with Gasteiger partial charge in [-0.15, -0.1) is 0 Å². The Morgan fingerprint density at radius 1 is 1.20 bits per heavy atom. The number of anilines is 1. The van der Waals surface area contributed by atoms with Crippen molar-refractivity contribution in [1.82, 2.24) is 19.7 Å². The molecular weight excluding hydrogens is 398 g/mol. The summed E-state index contributed by atoms with van der Waals surface area (Å²) in [6.45, 7) is 11.1. The molecule has 0 bridgehead atoms. The fourth-order valence-corrected chi connectivity index (χ4v) is 5.15. The van der Waals surface area contributed by atoms with Crippen molar-refractivity contribution in [3.63, 3.8) is 0 Å². The van der Waals surface area contributed by atoms with E-state index in [0.29, 0.717) is 12.2 Å². The average Bonchev–Trinajstić information content (AvgIpc) is 3.28. The minimum absolute atomic E-state index is 0.0801. The molecule has 1 fully saturated rings. The van der Waals surface area contributed by atoms with E-state index in [0.717, 1.165) is 65.7 Å². The second-order valence-corrected chi connectivity index (χ2v) is 9.03. The van der Waals surface area contributed by atoms with E-state index < -0.39 is 0 Å². The smallest absolute Gasteiger partial charge is 0.280 e. The molecule has 4 rings (SSSR count). The predicted octanol–water partition coefficient (Wildman–Crippen LogP) is 3.32. The summed E-state index contributed by atoms with van der Waals surface area (Å²) in [5.74, 6) is -0.0801. The number of nitrogens with zero attached hydrogens (tertiary/aromatic N) is 5. The number of carbonyl (C=O) groups excluding carboxylic acids is 1. The standard InChI is InChI=1S/C22H29N5O2S/c1-15-12-16(2)19-18(13-15)30-22(23-19)27(7-5-6-26-8-10-29-11-9-26)21(28)20-17(3)14-25(4)24-20/h12-14H,5-11H2,1-4H3. The number of fused-ring (bicyclic) bond motifs is 1. The van der Waals surface area contributed by atoms with Gasteiger partial charge in [-0.3, -0.25) is 19.3 Å². The summed E-state index contributed by atoms with van der Waals surface area (Å²) in [4.78, 5) is 22.5. The monoisotopic (exact) mass is 427 g/mol. The van der Waals surface area contributed by atoms with Gasteiger partial charge in [0.05, 0.1) is 23.4 Å². The van der Waals surface area contributed by atoms with Crippen LogP contribution in [0, 0.1) is 20.8 Å². The first-order valence-electron chi connectivity index (χ1n) is 10.4. The highest BCUT2D eigenvalue weighted by molar-refractivity contribution is 7.22. The van der Waals surface area contributed by atoms with Gasteiger partial charge < -0.3 is 4.74 Å². The first kappa shape index (κ1) is 21.0. The van der Waals surface area contributed by atoms with E-state index in [4.69, 9.17) is 9.72 Å². The molecule has 1 saturated heterocycles. The number of ether oxygens (including phenoxy) is 1. The Morgan fingerprint density at radius 3 is 2.67 bits per heavy atom. The first-order chi connectivity index (χ1) is 14.4. The van der Waals surface area contributed by atoms with Crippen molar-refractivity contribution in [3.05, 3.63) is 40.7 Å². The first-order valence-corrected chi connectivity index (χ1v) is 11.2. The van der Waals surface area contributed by atoms with E-state index in [1.54, 1.807) is 16.0 Å². The van der Waals surface area contributed by atoms with Crippen LogP contribution in [0.15, 0.2) is 18.3 Å². The molecule has 1 aliphatic rings. The van der Waals surface area contributed by atoms with Gasteiger partial charge in [-0.1, -0.05) is 17.4 Å². The van der Waals surface area contributed by atoms with Crippen molar-refractivity contribution in [3.8, 4) is 0 Å². The molecule has 8 heteroatoms. The van der Waals surface area contributed by atoms with Crippen LogP contribution in [0.3, 0.4) is 0 Å². The summed E-state index contributed by atoms with van der Waals surface area (Å²) in [5, 5.41) is 5.16. The van der Waals surface area contributed by atoms with Crippen molar-refractivity contribution < 1.29 is 9.53 Å². The molecule has 0 saturated carbocycles.